The van der Waals surface area contributed by atoms with Crippen molar-refractivity contribution in [3.63, 3.8) is 0 Å². The first-order valence-corrected chi connectivity index (χ1v) is 6.36. The van der Waals surface area contributed by atoms with Crippen LogP contribution in [0, 0.1) is 5.82 Å². The molecule has 1 saturated heterocycles. The van der Waals surface area contributed by atoms with Crippen LogP contribution < -0.4 is 11.1 Å². The Morgan fingerprint density at radius 3 is 3.00 bits per heavy atom. The number of anilines is 1. The predicted octanol–water partition coefficient (Wildman–Crippen LogP) is 2.29. The summed E-state index contributed by atoms with van der Waals surface area (Å²) in [5.74, 6) is -0.0106. The molecule has 0 radical (unpaired) electrons. The van der Waals surface area contributed by atoms with Crippen LogP contribution in [0.2, 0.25) is 0 Å². The minimum atomic E-state index is -0.264. The molecule has 0 amide bonds. The fraction of sp³-hybridized carbons (Fsp3) is 0.286. The number of benzene rings is 1. The molecular formula is C14H15FN4. The smallest absolute Gasteiger partial charge is 0.220 e. The van der Waals surface area contributed by atoms with Gasteiger partial charge in [0.25, 0.3) is 0 Å². The molecule has 1 fully saturated rings. The quantitative estimate of drug-likeness (QED) is 0.867. The highest BCUT2D eigenvalue weighted by Gasteiger charge is 2.22. The van der Waals surface area contributed by atoms with E-state index in [9.17, 15) is 4.39 Å². The first-order valence-electron chi connectivity index (χ1n) is 6.36. The maximum absolute atomic E-state index is 13.4. The van der Waals surface area contributed by atoms with Crippen molar-refractivity contribution in [3.8, 4) is 11.1 Å². The van der Waals surface area contributed by atoms with Crippen molar-refractivity contribution in [2.45, 2.75) is 18.9 Å². The molecule has 1 aliphatic heterocycles. The van der Waals surface area contributed by atoms with Crippen molar-refractivity contribution in [2.75, 3.05) is 12.3 Å². The first-order chi connectivity index (χ1) is 9.24. The highest BCUT2D eigenvalue weighted by molar-refractivity contribution is 5.66. The van der Waals surface area contributed by atoms with Crippen LogP contribution in [0.4, 0.5) is 10.3 Å². The van der Waals surface area contributed by atoms with Crippen molar-refractivity contribution >= 4 is 5.95 Å². The number of nitrogens with zero attached hydrogens (tertiary/aromatic N) is 2. The highest BCUT2D eigenvalue weighted by Crippen LogP contribution is 2.31. The van der Waals surface area contributed by atoms with Gasteiger partial charge < -0.3 is 11.1 Å². The molecule has 2 heterocycles. The van der Waals surface area contributed by atoms with Crippen LogP contribution in [0.5, 0.6) is 0 Å². The Kier molecular flexibility index (Phi) is 3.13. The Hall–Kier alpha value is -2.01. The SMILES string of the molecule is Nc1ncc(-c2cccc(F)c2)c([C@@H]2CCCN2)n1. The third kappa shape index (κ3) is 2.42. The maximum atomic E-state index is 13.4. The molecule has 2 aromatic rings. The highest BCUT2D eigenvalue weighted by atomic mass is 19.1. The first kappa shape index (κ1) is 12.0. The Labute approximate surface area is 110 Å². The van der Waals surface area contributed by atoms with Crippen LogP contribution >= 0.6 is 0 Å². The number of rotatable bonds is 2. The summed E-state index contributed by atoms with van der Waals surface area (Å²) in [5.41, 5.74) is 8.16. The van der Waals surface area contributed by atoms with E-state index in [0.717, 1.165) is 36.2 Å². The summed E-state index contributed by atoms with van der Waals surface area (Å²) in [6.45, 7) is 0.969. The van der Waals surface area contributed by atoms with Gasteiger partial charge in [-0.1, -0.05) is 12.1 Å². The molecule has 1 atom stereocenters. The molecule has 5 heteroatoms. The molecule has 0 bridgehead atoms. The second kappa shape index (κ2) is 4.93. The minimum absolute atomic E-state index is 0.170. The molecule has 4 nitrogen and oxygen atoms in total. The van der Waals surface area contributed by atoms with Crippen molar-refractivity contribution in [1.29, 1.82) is 0 Å². The molecule has 0 unspecified atom stereocenters. The van der Waals surface area contributed by atoms with Crippen LogP contribution in [0.3, 0.4) is 0 Å². The van der Waals surface area contributed by atoms with Gasteiger partial charge in [0.05, 0.1) is 11.7 Å². The number of aromatic nitrogens is 2. The molecule has 0 aliphatic carbocycles. The minimum Gasteiger partial charge on any atom is -0.368 e. The summed E-state index contributed by atoms with van der Waals surface area (Å²) in [6.07, 6.45) is 3.79. The van der Waals surface area contributed by atoms with Gasteiger partial charge in [-0.25, -0.2) is 14.4 Å². The largest absolute Gasteiger partial charge is 0.368 e. The lowest BCUT2D eigenvalue weighted by molar-refractivity contribution is 0.624. The Balaban J connectivity index is 2.09. The van der Waals surface area contributed by atoms with Crippen molar-refractivity contribution in [2.24, 2.45) is 0 Å². The lowest BCUT2D eigenvalue weighted by Gasteiger charge is -2.15. The van der Waals surface area contributed by atoms with Gasteiger partial charge in [-0.05, 0) is 37.1 Å². The van der Waals surface area contributed by atoms with Gasteiger partial charge in [0.1, 0.15) is 5.82 Å². The third-order valence-electron chi connectivity index (χ3n) is 3.36. The van der Waals surface area contributed by atoms with Crippen LogP contribution in [0.25, 0.3) is 11.1 Å². The Morgan fingerprint density at radius 2 is 2.26 bits per heavy atom. The van der Waals surface area contributed by atoms with E-state index < -0.39 is 0 Å². The summed E-state index contributed by atoms with van der Waals surface area (Å²) in [5, 5.41) is 3.39. The molecule has 1 aromatic heterocycles. The third-order valence-corrected chi connectivity index (χ3v) is 3.36. The van der Waals surface area contributed by atoms with Gasteiger partial charge >= 0.3 is 0 Å². The van der Waals surface area contributed by atoms with Crippen LogP contribution in [0.1, 0.15) is 24.6 Å². The van der Waals surface area contributed by atoms with E-state index in [1.165, 1.54) is 12.1 Å². The fourth-order valence-corrected chi connectivity index (χ4v) is 2.47. The molecular weight excluding hydrogens is 243 g/mol. The van der Waals surface area contributed by atoms with Crippen LogP contribution in [0.15, 0.2) is 30.5 Å². The number of nitrogen functional groups attached to an aromatic ring is 1. The second-order valence-electron chi connectivity index (χ2n) is 4.69. The zero-order valence-corrected chi connectivity index (χ0v) is 10.4. The van der Waals surface area contributed by atoms with Crippen LogP contribution in [-0.2, 0) is 0 Å². The normalized spacial score (nSPS) is 18.7. The van der Waals surface area contributed by atoms with Crippen molar-refractivity contribution in [1.82, 2.24) is 15.3 Å². The number of nitrogens with one attached hydrogen (secondary N) is 1. The zero-order valence-electron chi connectivity index (χ0n) is 10.4. The molecule has 98 valence electrons. The summed E-state index contributed by atoms with van der Waals surface area (Å²) < 4.78 is 13.4. The Morgan fingerprint density at radius 1 is 1.37 bits per heavy atom. The summed E-state index contributed by atoms with van der Waals surface area (Å²) >= 11 is 0. The molecule has 19 heavy (non-hydrogen) atoms. The van der Waals surface area contributed by atoms with Gasteiger partial charge in [0, 0.05) is 11.8 Å². The monoisotopic (exact) mass is 258 g/mol. The average molecular weight is 258 g/mol. The predicted molar refractivity (Wildman–Crippen MR) is 71.8 cm³/mol. The van der Waals surface area contributed by atoms with Crippen molar-refractivity contribution < 1.29 is 4.39 Å². The lowest BCUT2D eigenvalue weighted by atomic mass is 10.0. The fourth-order valence-electron chi connectivity index (χ4n) is 2.47. The molecule has 1 aliphatic rings. The van der Waals surface area contributed by atoms with E-state index in [1.807, 2.05) is 6.07 Å². The summed E-state index contributed by atoms with van der Waals surface area (Å²) in [6, 6.07) is 6.63. The molecule has 3 N–H and O–H groups in total. The summed E-state index contributed by atoms with van der Waals surface area (Å²) in [4.78, 5) is 8.38. The van der Waals surface area contributed by atoms with E-state index in [-0.39, 0.29) is 17.8 Å². The number of nitrogens with two attached hydrogens (primary N) is 1. The molecule has 0 saturated carbocycles. The average Bonchev–Trinajstić information content (AvgIpc) is 2.92. The topological polar surface area (TPSA) is 63.8 Å². The van der Waals surface area contributed by atoms with Gasteiger partial charge in [0.15, 0.2) is 0 Å². The van der Waals surface area contributed by atoms with E-state index in [4.69, 9.17) is 5.73 Å². The maximum Gasteiger partial charge on any atom is 0.220 e. The molecule has 1 aromatic carbocycles. The standard InChI is InChI=1S/C14H15FN4/c15-10-4-1-3-9(7-10)11-8-18-14(16)19-13(11)12-5-2-6-17-12/h1,3-4,7-8,12,17H,2,5-6H2,(H2,16,18,19)/t12-/m0/s1. The van der Waals surface area contributed by atoms with Gasteiger partial charge in [-0.15, -0.1) is 0 Å². The van der Waals surface area contributed by atoms with Gasteiger partial charge in [0.2, 0.25) is 5.95 Å². The Bertz CT molecular complexity index is 594. The number of hydrogen-bond acceptors (Lipinski definition) is 4. The van der Waals surface area contributed by atoms with E-state index in [0.29, 0.717) is 0 Å². The van der Waals surface area contributed by atoms with E-state index >= 15 is 0 Å². The van der Waals surface area contributed by atoms with Gasteiger partial charge in [-0.3, -0.25) is 0 Å². The lowest BCUT2D eigenvalue weighted by Crippen LogP contribution is -2.16. The number of halogens is 1. The summed E-state index contributed by atoms with van der Waals surface area (Å²) in [7, 11) is 0. The van der Waals surface area contributed by atoms with E-state index in [2.05, 4.69) is 15.3 Å². The van der Waals surface area contributed by atoms with E-state index in [1.54, 1.807) is 12.3 Å². The number of hydrogen-bond donors (Lipinski definition) is 2. The molecule has 3 rings (SSSR count). The van der Waals surface area contributed by atoms with Crippen molar-refractivity contribution in [3.05, 3.63) is 42.0 Å². The van der Waals surface area contributed by atoms with Crippen LogP contribution in [-0.4, -0.2) is 16.5 Å². The molecule has 0 spiro atoms. The second-order valence-corrected chi connectivity index (χ2v) is 4.69. The zero-order chi connectivity index (χ0) is 13.2. The van der Waals surface area contributed by atoms with Gasteiger partial charge in [-0.2, -0.15) is 0 Å².